The Morgan fingerprint density at radius 3 is 2.62 bits per heavy atom. The van der Waals surface area contributed by atoms with Gasteiger partial charge in [0, 0.05) is 30.6 Å². The van der Waals surface area contributed by atoms with Crippen LogP contribution in [0.2, 0.25) is 0 Å². The monoisotopic (exact) mass is 463 g/mol. The van der Waals surface area contributed by atoms with Crippen LogP contribution in [0.1, 0.15) is 66.8 Å². The number of hydrogen-bond donors (Lipinski definition) is 1. The summed E-state index contributed by atoms with van der Waals surface area (Å²) in [5.74, 6) is 2.92. The van der Waals surface area contributed by atoms with Gasteiger partial charge in [0.2, 0.25) is 5.91 Å². The van der Waals surface area contributed by atoms with E-state index in [-0.39, 0.29) is 17.9 Å². The van der Waals surface area contributed by atoms with Crippen LogP contribution < -0.4 is 5.32 Å². The Morgan fingerprint density at radius 2 is 1.85 bits per heavy atom. The second-order valence-corrected chi connectivity index (χ2v) is 10.3. The fourth-order valence-electron chi connectivity index (χ4n) is 6.67. The number of piperidine rings is 3. The van der Waals surface area contributed by atoms with Crippen molar-refractivity contribution in [2.24, 2.45) is 11.8 Å². The first kappa shape index (κ1) is 23.2. The average Bonchev–Trinajstić information content (AvgIpc) is 3.29. The standard InChI is InChI=1S/C28H37N3O3/c1-20-14-15-23(34-20)18-29-26(32)13-5-12-25-24-11-7-17-30-16-6-10-22(27(24)30)19-31(25)28(33)21-8-3-2-4-9-21/h2-4,8-9,14-15,22,24-25,27H,5-7,10-13,16-19H2,1H3,(H,29,32)/t22-,24+,25+,27-/m0/s1. The summed E-state index contributed by atoms with van der Waals surface area (Å²) in [7, 11) is 0. The molecule has 2 aromatic rings. The van der Waals surface area contributed by atoms with E-state index >= 15 is 0 Å². The van der Waals surface area contributed by atoms with Gasteiger partial charge in [-0.2, -0.15) is 0 Å². The van der Waals surface area contributed by atoms with Gasteiger partial charge in [0.05, 0.1) is 6.54 Å². The Hall–Kier alpha value is -2.60. The third kappa shape index (κ3) is 4.92. The van der Waals surface area contributed by atoms with Gasteiger partial charge in [0.15, 0.2) is 0 Å². The van der Waals surface area contributed by atoms with Gasteiger partial charge in [0.1, 0.15) is 11.5 Å². The zero-order valence-electron chi connectivity index (χ0n) is 20.2. The molecule has 3 aliphatic heterocycles. The van der Waals surface area contributed by atoms with E-state index in [9.17, 15) is 9.59 Å². The molecule has 0 radical (unpaired) electrons. The summed E-state index contributed by atoms with van der Waals surface area (Å²) in [5, 5.41) is 2.98. The zero-order chi connectivity index (χ0) is 23.5. The van der Waals surface area contributed by atoms with E-state index in [0.717, 1.165) is 36.5 Å². The Labute approximate surface area is 202 Å². The Bertz CT molecular complexity index is 986. The van der Waals surface area contributed by atoms with E-state index < -0.39 is 0 Å². The first-order chi connectivity index (χ1) is 16.6. The molecule has 0 unspecified atom stereocenters. The molecular formula is C28H37N3O3. The molecule has 3 aliphatic rings. The van der Waals surface area contributed by atoms with Crippen molar-refractivity contribution < 1.29 is 14.0 Å². The third-order valence-corrected chi connectivity index (χ3v) is 8.11. The highest BCUT2D eigenvalue weighted by Crippen LogP contribution is 2.43. The topological polar surface area (TPSA) is 65.8 Å². The van der Waals surface area contributed by atoms with Crippen LogP contribution in [0.3, 0.4) is 0 Å². The number of carbonyl (C=O) groups is 2. The first-order valence-corrected chi connectivity index (χ1v) is 13.0. The molecule has 0 aliphatic carbocycles. The minimum Gasteiger partial charge on any atom is -0.465 e. The van der Waals surface area contributed by atoms with Crippen molar-refractivity contribution in [3.8, 4) is 0 Å². The molecular weight excluding hydrogens is 426 g/mol. The molecule has 34 heavy (non-hydrogen) atoms. The first-order valence-electron chi connectivity index (χ1n) is 13.0. The second-order valence-electron chi connectivity index (χ2n) is 10.3. The van der Waals surface area contributed by atoms with Gasteiger partial charge in [0.25, 0.3) is 5.91 Å². The maximum atomic E-state index is 13.6. The predicted molar refractivity (Wildman–Crippen MR) is 131 cm³/mol. The molecule has 0 saturated carbocycles. The number of likely N-dealkylation sites (tertiary alicyclic amines) is 1. The van der Waals surface area contributed by atoms with E-state index in [0.29, 0.717) is 30.8 Å². The van der Waals surface area contributed by atoms with Crippen molar-refractivity contribution in [2.45, 2.75) is 70.5 Å². The van der Waals surface area contributed by atoms with E-state index in [1.165, 1.54) is 38.8 Å². The summed E-state index contributed by atoms with van der Waals surface area (Å²) in [6.45, 7) is 5.58. The van der Waals surface area contributed by atoms with Gasteiger partial charge >= 0.3 is 0 Å². The number of nitrogens with zero attached hydrogens (tertiary/aromatic N) is 2. The minimum atomic E-state index is 0.0478. The summed E-state index contributed by atoms with van der Waals surface area (Å²) in [6, 6.07) is 14.3. The van der Waals surface area contributed by atoms with Crippen LogP contribution in [0.25, 0.3) is 0 Å². The Kier molecular flexibility index (Phi) is 7.05. The predicted octanol–water partition coefficient (Wildman–Crippen LogP) is 4.39. The number of hydrogen-bond acceptors (Lipinski definition) is 4. The summed E-state index contributed by atoms with van der Waals surface area (Å²) in [4.78, 5) is 31.0. The molecule has 4 heterocycles. The zero-order valence-corrected chi connectivity index (χ0v) is 20.2. The molecule has 182 valence electrons. The molecule has 5 rings (SSSR count). The van der Waals surface area contributed by atoms with Crippen molar-refractivity contribution in [1.29, 1.82) is 0 Å². The number of nitrogens with one attached hydrogen (secondary N) is 1. The number of furan rings is 1. The Balaban J connectivity index is 1.26. The average molecular weight is 464 g/mol. The highest BCUT2D eigenvalue weighted by Gasteiger charge is 2.49. The lowest BCUT2D eigenvalue weighted by molar-refractivity contribution is -0.121. The van der Waals surface area contributed by atoms with Crippen molar-refractivity contribution >= 4 is 11.8 Å². The van der Waals surface area contributed by atoms with Gasteiger partial charge in [-0.3, -0.25) is 14.5 Å². The molecule has 6 heteroatoms. The molecule has 1 aromatic heterocycles. The molecule has 0 spiro atoms. The highest BCUT2D eigenvalue weighted by atomic mass is 16.3. The normalized spacial score (nSPS) is 26.7. The molecule has 3 fully saturated rings. The van der Waals surface area contributed by atoms with Gasteiger partial charge < -0.3 is 14.6 Å². The van der Waals surface area contributed by atoms with Crippen LogP contribution in [-0.2, 0) is 11.3 Å². The summed E-state index contributed by atoms with van der Waals surface area (Å²) >= 11 is 0. The van der Waals surface area contributed by atoms with Crippen LogP contribution in [0.15, 0.2) is 46.9 Å². The lowest BCUT2D eigenvalue weighted by atomic mass is 9.69. The molecule has 0 bridgehead atoms. The van der Waals surface area contributed by atoms with Crippen molar-refractivity contribution in [1.82, 2.24) is 15.1 Å². The maximum Gasteiger partial charge on any atom is 0.254 e. The molecule has 2 amide bonds. The molecule has 1 N–H and O–H groups in total. The smallest absolute Gasteiger partial charge is 0.254 e. The van der Waals surface area contributed by atoms with Crippen molar-refractivity contribution in [3.05, 3.63) is 59.5 Å². The van der Waals surface area contributed by atoms with E-state index in [4.69, 9.17) is 4.42 Å². The molecule has 4 atom stereocenters. The summed E-state index contributed by atoms with van der Waals surface area (Å²) < 4.78 is 5.55. The largest absolute Gasteiger partial charge is 0.465 e. The minimum absolute atomic E-state index is 0.0478. The SMILES string of the molecule is Cc1ccc(CNC(=O)CCC[C@@H]2[C@H]3CCCN4CCC[C@@H](CN2C(=O)c2ccccc2)[C@@H]34)o1. The Morgan fingerprint density at radius 1 is 1.06 bits per heavy atom. The van der Waals surface area contributed by atoms with Crippen molar-refractivity contribution in [3.63, 3.8) is 0 Å². The highest BCUT2D eigenvalue weighted by molar-refractivity contribution is 5.94. The molecule has 1 aromatic carbocycles. The number of aryl methyl sites for hydroxylation is 1. The van der Waals surface area contributed by atoms with Crippen LogP contribution in [-0.4, -0.2) is 53.3 Å². The van der Waals surface area contributed by atoms with E-state index in [2.05, 4.69) is 15.1 Å². The number of amides is 2. The lowest BCUT2D eigenvalue weighted by Gasteiger charge is -2.57. The van der Waals surface area contributed by atoms with Crippen LogP contribution in [0, 0.1) is 18.8 Å². The fourth-order valence-corrected chi connectivity index (χ4v) is 6.67. The lowest BCUT2D eigenvalue weighted by Crippen LogP contribution is -2.65. The fraction of sp³-hybridized carbons (Fsp3) is 0.571. The number of carbonyl (C=O) groups excluding carboxylic acids is 2. The van der Waals surface area contributed by atoms with Crippen LogP contribution in [0.5, 0.6) is 0 Å². The molecule has 6 nitrogen and oxygen atoms in total. The van der Waals surface area contributed by atoms with E-state index in [1.807, 2.05) is 49.4 Å². The summed E-state index contributed by atoms with van der Waals surface area (Å²) in [5.41, 5.74) is 0.779. The van der Waals surface area contributed by atoms with Gasteiger partial charge in [-0.05, 0) is 94.6 Å². The van der Waals surface area contributed by atoms with Crippen LogP contribution >= 0.6 is 0 Å². The summed E-state index contributed by atoms with van der Waals surface area (Å²) in [6.07, 6.45) is 7.01. The van der Waals surface area contributed by atoms with E-state index in [1.54, 1.807) is 0 Å². The van der Waals surface area contributed by atoms with Gasteiger partial charge in [-0.25, -0.2) is 0 Å². The molecule has 3 saturated heterocycles. The quantitative estimate of drug-likeness (QED) is 0.661. The van der Waals surface area contributed by atoms with Crippen molar-refractivity contribution in [2.75, 3.05) is 19.6 Å². The van der Waals surface area contributed by atoms with Gasteiger partial charge in [-0.1, -0.05) is 18.2 Å². The third-order valence-electron chi connectivity index (χ3n) is 8.11. The number of benzene rings is 1. The maximum absolute atomic E-state index is 13.6. The van der Waals surface area contributed by atoms with Crippen LogP contribution in [0.4, 0.5) is 0 Å². The number of rotatable bonds is 7. The second kappa shape index (κ2) is 10.3. The van der Waals surface area contributed by atoms with Gasteiger partial charge in [-0.15, -0.1) is 0 Å².